The van der Waals surface area contributed by atoms with E-state index in [2.05, 4.69) is 20.8 Å². The molecule has 0 amide bonds. The minimum Gasteiger partial charge on any atom is -0.462 e. The minimum absolute atomic E-state index is 0.0989. The zero-order valence-corrected chi connectivity index (χ0v) is 46.9. The third kappa shape index (κ3) is 57.5. The second kappa shape index (κ2) is 60.2. The Hall–Kier alpha value is -1.10. The summed E-state index contributed by atoms with van der Waals surface area (Å²) >= 11 is 0. The van der Waals surface area contributed by atoms with E-state index in [4.69, 9.17) is 14.2 Å². The van der Waals surface area contributed by atoms with E-state index in [1.54, 1.807) is 0 Å². The van der Waals surface area contributed by atoms with Gasteiger partial charge in [-0.2, -0.15) is 0 Å². The second-order valence-corrected chi connectivity index (χ2v) is 21.7. The zero-order chi connectivity index (χ0) is 49.2. The van der Waals surface area contributed by atoms with Crippen LogP contribution >= 0.6 is 0 Å². The predicted octanol–water partition coefficient (Wildman–Crippen LogP) is 21.6. The molecule has 0 fully saturated rings. The molecule has 0 saturated carbocycles. The normalized spacial score (nSPS) is 12.0. The average molecular weight is 962 g/mol. The molecular formula is C63H124O5. The van der Waals surface area contributed by atoms with Crippen molar-refractivity contribution in [1.29, 1.82) is 0 Å². The molecule has 0 aliphatic carbocycles. The molecule has 0 N–H and O–H groups in total. The SMILES string of the molecule is CCCCCCCCCCCCCCCCCCCCCCOCC(COC(=O)CCCCCCCCCCCCCCCCCCC)OC(=O)CCCCCCCCCCCCCCCCC. The van der Waals surface area contributed by atoms with E-state index >= 15 is 0 Å². The molecule has 0 aliphatic rings. The van der Waals surface area contributed by atoms with Crippen molar-refractivity contribution in [1.82, 2.24) is 0 Å². The van der Waals surface area contributed by atoms with E-state index in [1.165, 1.54) is 302 Å². The first-order valence-corrected chi connectivity index (χ1v) is 31.6. The summed E-state index contributed by atoms with van der Waals surface area (Å²) in [6, 6.07) is 0. The van der Waals surface area contributed by atoms with Gasteiger partial charge in [0, 0.05) is 19.4 Å². The van der Waals surface area contributed by atoms with Crippen LogP contribution in [0, 0.1) is 0 Å². The Bertz CT molecular complexity index is 952. The standard InChI is InChI=1S/C63H124O5/c1-4-7-10-13-16-19-22-25-28-30-31-32-34-37-40-43-46-49-52-55-58-66-59-61(68-63(65)57-54-51-48-45-42-39-35-27-24-21-18-15-12-9-6-3)60-67-62(64)56-53-50-47-44-41-38-36-33-29-26-23-20-17-14-11-8-5-2/h61H,4-60H2,1-3H3. The van der Waals surface area contributed by atoms with Gasteiger partial charge in [0.05, 0.1) is 6.61 Å². The van der Waals surface area contributed by atoms with Crippen molar-refractivity contribution >= 4 is 11.9 Å². The largest absolute Gasteiger partial charge is 0.462 e. The van der Waals surface area contributed by atoms with Crippen LogP contribution in [0.1, 0.15) is 367 Å². The first-order valence-electron chi connectivity index (χ1n) is 31.6. The second-order valence-electron chi connectivity index (χ2n) is 21.7. The minimum atomic E-state index is -0.525. The van der Waals surface area contributed by atoms with Crippen LogP contribution in [0.2, 0.25) is 0 Å². The lowest BCUT2D eigenvalue weighted by Crippen LogP contribution is -2.30. The van der Waals surface area contributed by atoms with Gasteiger partial charge in [0.25, 0.3) is 0 Å². The van der Waals surface area contributed by atoms with Crippen LogP contribution in [0.15, 0.2) is 0 Å². The predicted molar refractivity (Wildman–Crippen MR) is 298 cm³/mol. The van der Waals surface area contributed by atoms with Gasteiger partial charge in [0.2, 0.25) is 0 Å². The van der Waals surface area contributed by atoms with Crippen LogP contribution in [0.5, 0.6) is 0 Å². The van der Waals surface area contributed by atoms with Gasteiger partial charge in [-0.25, -0.2) is 0 Å². The number of unbranched alkanes of at least 4 members (excludes halogenated alkanes) is 49. The van der Waals surface area contributed by atoms with Crippen molar-refractivity contribution in [3.05, 3.63) is 0 Å². The molecule has 5 nitrogen and oxygen atoms in total. The molecule has 0 aromatic rings. The zero-order valence-electron chi connectivity index (χ0n) is 46.9. The number of hydrogen-bond donors (Lipinski definition) is 0. The van der Waals surface area contributed by atoms with E-state index in [1.807, 2.05) is 0 Å². The summed E-state index contributed by atoms with van der Waals surface area (Å²) in [6.07, 6.45) is 70.0. The maximum Gasteiger partial charge on any atom is 0.306 e. The summed E-state index contributed by atoms with van der Waals surface area (Å²) in [7, 11) is 0. The third-order valence-electron chi connectivity index (χ3n) is 14.6. The van der Waals surface area contributed by atoms with Crippen LogP contribution in [0.3, 0.4) is 0 Å². The van der Waals surface area contributed by atoms with Gasteiger partial charge in [-0.05, 0) is 19.3 Å². The van der Waals surface area contributed by atoms with Gasteiger partial charge in [0.1, 0.15) is 6.61 Å². The smallest absolute Gasteiger partial charge is 0.306 e. The lowest BCUT2D eigenvalue weighted by molar-refractivity contribution is -0.163. The Morgan fingerprint density at radius 1 is 0.265 bits per heavy atom. The van der Waals surface area contributed by atoms with Gasteiger partial charge in [-0.1, -0.05) is 335 Å². The summed E-state index contributed by atoms with van der Waals surface area (Å²) in [4.78, 5) is 25.6. The highest BCUT2D eigenvalue weighted by Gasteiger charge is 2.18. The van der Waals surface area contributed by atoms with Crippen LogP contribution in [0.25, 0.3) is 0 Å². The summed E-state index contributed by atoms with van der Waals surface area (Å²) in [6.45, 7) is 7.94. The Kier molecular flexibility index (Phi) is 59.2. The maximum absolute atomic E-state index is 12.9. The van der Waals surface area contributed by atoms with Crippen molar-refractivity contribution in [2.75, 3.05) is 19.8 Å². The summed E-state index contributed by atoms with van der Waals surface area (Å²) in [5.41, 5.74) is 0. The number of carbonyl (C=O) groups is 2. The van der Waals surface area contributed by atoms with Gasteiger partial charge < -0.3 is 14.2 Å². The van der Waals surface area contributed by atoms with Crippen molar-refractivity contribution in [3.8, 4) is 0 Å². The van der Waals surface area contributed by atoms with Crippen LogP contribution in [-0.4, -0.2) is 37.9 Å². The monoisotopic (exact) mass is 961 g/mol. The van der Waals surface area contributed by atoms with Gasteiger partial charge >= 0.3 is 11.9 Å². The number of hydrogen-bond acceptors (Lipinski definition) is 5. The van der Waals surface area contributed by atoms with Gasteiger partial charge in [-0.3, -0.25) is 9.59 Å². The molecule has 0 spiro atoms. The fourth-order valence-corrected chi connectivity index (χ4v) is 9.93. The van der Waals surface area contributed by atoms with Crippen molar-refractivity contribution in [2.45, 2.75) is 374 Å². The van der Waals surface area contributed by atoms with Crippen molar-refractivity contribution in [2.24, 2.45) is 0 Å². The number of ether oxygens (including phenoxy) is 3. The molecule has 0 heterocycles. The molecule has 0 aromatic heterocycles. The highest BCUT2D eigenvalue weighted by Crippen LogP contribution is 2.18. The van der Waals surface area contributed by atoms with Crippen molar-refractivity contribution in [3.63, 3.8) is 0 Å². The Balaban J connectivity index is 4.16. The Morgan fingerprint density at radius 2 is 0.485 bits per heavy atom. The molecule has 406 valence electrons. The number of rotatable bonds is 60. The van der Waals surface area contributed by atoms with Gasteiger partial charge in [-0.15, -0.1) is 0 Å². The number of carbonyl (C=O) groups excluding carboxylic acids is 2. The van der Waals surface area contributed by atoms with E-state index in [-0.39, 0.29) is 18.5 Å². The topological polar surface area (TPSA) is 61.8 Å². The summed E-state index contributed by atoms with van der Waals surface area (Å²) < 4.78 is 17.6. The van der Waals surface area contributed by atoms with Crippen molar-refractivity contribution < 1.29 is 23.8 Å². The molecule has 1 atom stereocenters. The lowest BCUT2D eigenvalue weighted by Gasteiger charge is -2.18. The molecule has 0 radical (unpaired) electrons. The molecule has 0 rings (SSSR count). The van der Waals surface area contributed by atoms with E-state index < -0.39 is 6.10 Å². The Morgan fingerprint density at radius 3 is 0.750 bits per heavy atom. The average Bonchev–Trinajstić information content (AvgIpc) is 3.34. The number of esters is 2. The molecule has 0 bridgehead atoms. The quantitative estimate of drug-likeness (QED) is 0.0449. The Labute approximate surface area is 427 Å². The van der Waals surface area contributed by atoms with Gasteiger partial charge in [0.15, 0.2) is 6.10 Å². The molecule has 5 heteroatoms. The van der Waals surface area contributed by atoms with E-state index in [9.17, 15) is 9.59 Å². The molecule has 0 saturated heterocycles. The van der Waals surface area contributed by atoms with Crippen LogP contribution in [0.4, 0.5) is 0 Å². The third-order valence-corrected chi connectivity index (χ3v) is 14.6. The maximum atomic E-state index is 12.9. The fourth-order valence-electron chi connectivity index (χ4n) is 9.93. The van der Waals surface area contributed by atoms with Crippen LogP contribution < -0.4 is 0 Å². The molecule has 1 unspecified atom stereocenters. The molecule has 68 heavy (non-hydrogen) atoms. The van der Waals surface area contributed by atoms with E-state index in [0.29, 0.717) is 26.1 Å². The molecule has 0 aromatic carbocycles. The van der Waals surface area contributed by atoms with E-state index in [0.717, 1.165) is 32.1 Å². The lowest BCUT2D eigenvalue weighted by atomic mass is 10.0. The highest BCUT2D eigenvalue weighted by atomic mass is 16.6. The first kappa shape index (κ1) is 66.9. The molecular weight excluding hydrogens is 837 g/mol. The fraction of sp³-hybridized carbons (Fsp3) is 0.968. The first-order chi connectivity index (χ1) is 33.6. The summed E-state index contributed by atoms with van der Waals surface area (Å²) in [5.74, 6) is -0.361. The molecule has 0 aliphatic heterocycles. The highest BCUT2D eigenvalue weighted by molar-refractivity contribution is 5.70. The van der Waals surface area contributed by atoms with Crippen LogP contribution in [-0.2, 0) is 23.8 Å². The summed E-state index contributed by atoms with van der Waals surface area (Å²) in [5, 5.41) is 0.